The molecule has 2 fully saturated rings. The topological polar surface area (TPSA) is 46.5 Å². The third-order valence-corrected chi connectivity index (χ3v) is 2.24. The van der Waals surface area contributed by atoms with E-state index in [1.807, 2.05) is 0 Å². The van der Waals surface area contributed by atoms with Gasteiger partial charge in [-0.05, 0) is 0 Å². The maximum absolute atomic E-state index is 10.3. The second kappa shape index (κ2) is 1.48. The summed E-state index contributed by atoms with van der Waals surface area (Å²) < 4.78 is 5.02. The number of hydrogen-bond donors (Lipinski definition) is 1. The molecular formula is C6H8O3. The van der Waals surface area contributed by atoms with Crippen LogP contribution in [-0.2, 0) is 9.53 Å². The van der Waals surface area contributed by atoms with Gasteiger partial charge in [0.1, 0.15) is 0 Å². The monoisotopic (exact) mass is 128 g/mol. The SMILES string of the molecule is O=C(O)[C@@H]1C2COC[C@H]21. The minimum atomic E-state index is -0.645. The first-order chi connectivity index (χ1) is 4.30. The molecule has 3 atom stereocenters. The molecule has 1 aliphatic carbocycles. The molecule has 0 amide bonds. The number of fused-ring (bicyclic) bond motifs is 1. The number of carboxylic acids is 1. The molecule has 2 aliphatic rings. The van der Waals surface area contributed by atoms with Crippen molar-refractivity contribution < 1.29 is 14.6 Å². The van der Waals surface area contributed by atoms with E-state index >= 15 is 0 Å². The molecule has 1 saturated carbocycles. The highest BCUT2D eigenvalue weighted by Gasteiger charge is 2.58. The summed E-state index contributed by atoms with van der Waals surface area (Å²) in [6.07, 6.45) is 0. The van der Waals surface area contributed by atoms with Crippen LogP contribution in [0.3, 0.4) is 0 Å². The van der Waals surface area contributed by atoms with Crippen molar-refractivity contribution in [3.8, 4) is 0 Å². The Morgan fingerprint density at radius 3 is 2.33 bits per heavy atom. The van der Waals surface area contributed by atoms with Gasteiger partial charge in [0.2, 0.25) is 0 Å². The Morgan fingerprint density at radius 1 is 1.44 bits per heavy atom. The first-order valence-electron chi connectivity index (χ1n) is 3.11. The number of aliphatic carboxylic acids is 1. The molecule has 9 heavy (non-hydrogen) atoms. The van der Waals surface area contributed by atoms with E-state index in [0.29, 0.717) is 25.0 Å². The summed E-state index contributed by atoms with van der Waals surface area (Å²) in [6, 6.07) is 0. The van der Waals surface area contributed by atoms with Crippen molar-refractivity contribution in [3.63, 3.8) is 0 Å². The van der Waals surface area contributed by atoms with Gasteiger partial charge >= 0.3 is 5.97 Å². The highest BCUT2D eigenvalue weighted by molar-refractivity contribution is 5.74. The number of rotatable bonds is 1. The van der Waals surface area contributed by atoms with Crippen LogP contribution in [0.1, 0.15) is 0 Å². The summed E-state index contributed by atoms with van der Waals surface area (Å²) in [4.78, 5) is 10.3. The predicted molar refractivity (Wildman–Crippen MR) is 28.9 cm³/mol. The van der Waals surface area contributed by atoms with Crippen LogP contribution >= 0.6 is 0 Å². The average Bonchev–Trinajstić information content (AvgIpc) is 2.30. The highest BCUT2D eigenvalue weighted by atomic mass is 16.5. The van der Waals surface area contributed by atoms with Gasteiger partial charge in [0, 0.05) is 11.8 Å². The summed E-state index contributed by atoms with van der Waals surface area (Å²) in [5, 5.41) is 8.50. The fourth-order valence-corrected chi connectivity index (χ4v) is 1.61. The molecule has 2 rings (SSSR count). The first-order valence-corrected chi connectivity index (χ1v) is 3.11. The minimum absolute atomic E-state index is 0.0706. The van der Waals surface area contributed by atoms with Crippen molar-refractivity contribution in [1.29, 1.82) is 0 Å². The zero-order valence-electron chi connectivity index (χ0n) is 4.91. The lowest BCUT2D eigenvalue weighted by Crippen LogP contribution is -2.07. The Bertz CT molecular complexity index is 144. The van der Waals surface area contributed by atoms with Crippen molar-refractivity contribution in [2.45, 2.75) is 0 Å². The van der Waals surface area contributed by atoms with Gasteiger partial charge in [0.15, 0.2) is 0 Å². The van der Waals surface area contributed by atoms with E-state index in [-0.39, 0.29) is 5.92 Å². The van der Waals surface area contributed by atoms with Crippen molar-refractivity contribution in [1.82, 2.24) is 0 Å². The minimum Gasteiger partial charge on any atom is -0.481 e. The largest absolute Gasteiger partial charge is 0.481 e. The van der Waals surface area contributed by atoms with Gasteiger partial charge < -0.3 is 9.84 Å². The Hall–Kier alpha value is -0.570. The van der Waals surface area contributed by atoms with Crippen LogP contribution in [0.15, 0.2) is 0 Å². The van der Waals surface area contributed by atoms with Crippen molar-refractivity contribution in [2.75, 3.05) is 13.2 Å². The summed E-state index contributed by atoms with van der Waals surface area (Å²) in [7, 11) is 0. The van der Waals surface area contributed by atoms with Gasteiger partial charge in [0.25, 0.3) is 0 Å². The zero-order chi connectivity index (χ0) is 6.43. The fraction of sp³-hybridized carbons (Fsp3) is 0.833. The molecule has 0 aromatic heterocycles. The molecule has 0 aromatic carbocycles. The Labute approximate surface area is 52.6 Å². The molecule has 1 N–H and O–H groups in total. The molecule has 3 heteroatoms. The van der Waals surface area contributed by atoms with Crippen molar-refractivity contribution >= 4 is 5.97 Å². The lowest BCUT2D eigenvalue weighted by Gasteiger charge is -1.96. The van der Waals surface area contributed by atoms with Crippen LogP contribution in [0.2, 0.25) is 0 Å². The van der Waals surface area contributed by atoms with E-state index in [2.05, 4.69) is 0 Å². The second-order valence-electron chi connectivity index (χ2n) is 2.73. The molecule has 0 bridgehead atoms. The van der Waals surface area contributed by atoms with Crippen LogP contribution < -0.4 is 0 Å². The van der Waals surface area contributed by atoms with Crippen molar-refractivity contribution in [3.05, 3.63) is 0 Å². The van der Waals surface area contributed by atoms with Crippen LogP contribution in [0.5, 0.6) is 0 Å². The Morgan fingerprint density at radius 2 is 2.00 bits per heavy atom. The molecule has 3 nitrogen and oxygen atoms in total. The molecule has 0 aromatic rings. The second-order valence-corrected chi connectivity index (χ2v) is 2.73. The summed E-state index contributed by atoms with van der Waals surface area (Å²) >= 11 is 0. The van der Waals surface area contributed by atoms with E-state index < -0.39 is 5.97 Å². The molecule has 1 aliphatic heterocycles. The van der Waals surface area contributed by atoms with Gasteiger partial charge in [-0.15, -0.1) is 0 Å². The number of carbonyl (C=O) groups is 1. The van der Waals surface area contributed by atoms with E-state index in [1.54, 1.807) is 0 Å². The highest BCUT2D eigenvalue weighted by Crippen LogP contribution is 2.50. The standard InChI is InChI=1S/C6H8O3/c7-6(8)5-3-1-9-2-4(3)5/h3-5H,1-2H2,(H,7,8)/t3-,4?,5+/m1/s1. The molecule has 1 saturated heterocycles. The molecule has 0 spiro atoms. The van der Waals surface area contributed by atoms with E-state index in [1.165, 1.54) is 0 Å². The van der Waals surface area contributed by atoms with Gasteiger partial charge in [-0.3, -0.25) is 4.79 Å². The number of carboxylic acid groups (broad SMARTS) is 1. The number of ether oxygens (including phenoxy) is 1. The Kier molecular flexibility index (Phi) is 0.858. The first kappa shape index (κ1) is 5.23. The maximum atomic E-state index is 10.3. The molecule has 50 valence electrons. The smallest absolute Gasteiger partial charge is 0.307 e. The third-order valence-electron chi connectivity index (χ3n) is 2.24. The summed E-state index contributed by atoms with van der Waals surface area (Å²) in [6.45, 7) is 1.34. The number of hydrogen-bond acceptors (Lipinski definition) is 2. The van der Waals surface area contributed by atoms with Gasteiger partial charge in [-0.25, -0.2) is 0 Å². The van der Waals surface area contributed by atoms with Gasteiger partial charge in [0.05, 0.1) is 19.1 Å². The van der Waals surface area contributed by atoms with Gasteiger partial charge in [-0.2, -0.15) is 0 Å². The van der Waals surface area contributed by atoms with Crippen LogP contribution in [0, 0.1) is 17.8 Å². The van der Waals surface area contributed by atoms with Crippen LogP contribution in [0.25, 0.3) is 0 Å². The zero-order valence-corrected chi connectivity index (χ0v) is 4.91. The van der Waals surface area contributed by atoms with E-state index in [4.69, 9.17) is 9.84 Å². The van der Waals surface area contributed by atoms with E-state index in [0.717, 1.165) is 0 Å². The maximum Gasteiger partial charge on any atom is 0.307 e. The van der Waals surface area contributed by atoms with Gasteiger partial charge in [-0.1, -0.05) is 0 Å². The lowest BCUT2D eigenvalue weighted by molar-refractivity contribution is -0.140. The van der Waals surface area contributed by atoms with Crippen LogP contribution in [-0.4, -0.2) is 24.3 Å². The van der Waals surface area contributed by atoms with E-state index in [9.17, 15) is 4.79 Å². The summed E-state index contributed by atoms with van der Waals surface area (Å²) in [5.41, 5.74) is 0. The molecule has 0 radical (unpaired) electrons. The fourth-order valence-electron chi connectivity index (χ4n) is 1.61. The quantitative estimate of drug-likeness (QED) is 0.539. The molecular weight excluding hydrogens is 120 g/mol. The third kappa shape index (κ3) is 0.580. The summed E-state index contributed by atoms with van der Waals surface area (Å²) in [5.74, 6) is -0.0166. The normalized spacial score (nSPS) is 46.4. The van der Waals surface area contributed by atoms with Crippen molar-refractivity contribution in [2.24, 2.45) is 17.8 Å². The average molecular weight is 128 g/mol. The molecule has 1 heterocycles. The Balaban J connectivity index is 2.02. The predicted octanol–water partition coefficient (Wildman–Crippen LogP) is -0.0366. The molecule has 1 unspecified atom stereocenters. The lowest BCUT2D eigenvalue weighted by atomic mass is 10.3. The van der Waals surface area contributed by atoms with Crippen LogP contribution in [0.4, 0.5) is 0 Å².